The molecule has 0 saturated carbocycles. The monoisotopic (exact) mass is 267 g/mol. The molecule has 0 radical (unpaired) electrons. The van der Waals surface area contributed by atoms with Gasteiger partial charge in [0.05, 0.1) is 12.1 Å². The minimum absolute atomic E-state index is 0.0566. The van der Waals surface area contributed by atoms with E-state index < -0.39 is 11.6 Å². The Bertz CT molecular complexity index is 581. The van der Waals surface area contributed by atoms with Crippen molar-refractivity contribution in [1.29, 1.82) is 0 Å². The molecule has 0 atom stereocenters. The summed E-state index contributed by atoms with van der Waals surface area (Å²) < 4.78 is 31.8. The molecule has 19 heavy (non-hydrogen) atoms. The van der Waals surface area contributed by atoms with E-state index in [-0.39, 0.29) is 17.5 Å². The van der Waals surface area contributed by atoms with Gasteiger partial charge in [0.1, 0.15) is 11.6 Å². The molecule has 102 valence electrons. The third kappa shape index (κ3) is 3.14. The van der Waals surface area contributed by atoms with Gasteiger partial charge in [0.15, 0.2) is 5.82 Å². The van der Waals surface area contributed by atoms with Crippen molar-refractivity contribution >= 4 is 0 Å². The Kier molecular flexibility index (Phi) is 3.90. The third-order valence-corrected chi connectivity index (χ3v) is 2.62. The van der Waals surface area contributed by atoms with Gasteiger partial charge in [-0.05, 0) is 18.6 Å². The highest BCUT2D eigenvalue weighted by Crippen LogP contribution is 2.24. The van der Waals surface area contributed by atoms with Crippen LogP contribution in [0.2, 0.25) is 0 Å². The van der Waals surface area contributed by atoms with Crippen molar-refractivity contribution in [2.75, 3.05) is 0 Å². The van der Waals surface area contributed by atoms with Crippen LogP contribution in [-0.4, -0.2) is 16.2 Å². The Hall–Kier alpha value is -1.82. The third-order valence-electron chi connectivity index (χ3n) is 2.62. The first kappa shape index (κ1) is 13.6. The maximum Gasteiger partial charge on any atom is 0.260 e. The molecular formula is C13H15F2N3O. The van der Waals surface area contributed by atoms with E-state index in [1.165, 1.54) is 6.07 Å². The second-order valence-electron chi connectivity index (χ2n) is 4.63. The molecule has 0 amide bonds. The summed E-state index contributed by atoms with van der Waals surface area (Å²) in [4.78, 5) is 4.08. The lowest BCUT2D eigenvalue weighted by Gasteiger charge is -2.03. The molecule has 2 aromatic rings. The lowest BCUT2D eigenvalue weighted by Crippen LogP contribution is -2.22. The second kappa shape index (κ2) is 5.44. The molecule has 0 aliphatic carbocycles. The van der Waals surface area contributed by atoms with Crippen LogP contribution in [0.15, 0.2) is 16.7 Å². The van der Waals surface area contributed by atoms with E-state index in [4.69, 9.17) is 4.52 Å². The Balaban J connectivity index is 2.25. The summed E-state index contributed by atoms with van der Waals surface area (Å²) in [6, 6.07) is 2.46. The van der Waals surface area contributed by atoms with Crippen LogP contribution in [0, 0.1) is 18.6 Å². The molecule has 0 bridgehead atoms. The first-order valence-corrected chi connectivity index (χ1v) is 5.99. The molecule has 0 saturated heterocycles. The maximum atomic E-state index is 13.7. The minimum atomic E-state index is -0.713. The first-order chi connectivity index (χ1) is 8.97. The highest BCUT2D eigenvalue weighted by Gasteiger charge is 2.15. The number of aryl methyl sites for hydroxylation is 1. The topological polar surface area (TPSA) is 51.0 Å². The molecule has 0 fully saturated rings. The van der Waals surface area contributed by atoms with Crippen molar-refractivity contribution in [2.45, 2.75) is 33.4 Å². The molecule has 1 aromatic heterocycles. The molecule has 4 nitrogen and oxygen atoms in total. The van der Waals surface area contributed by atoms with E-state index in [1.807, 2.05) is 13.8 Å². The van der Waals surface area contributed by atoms with Crippen LogP contribution < -0.4 is 5.32 Å². The van der Waals surface area contributed by atoms with Gasteiger partial charge in [-0.1, -0.05) is 19.0 Å². The molecule has 6 heteroatoms. The van der Waals surface area contributed by atoms with Crippen molar-refractivity contribution in [3.05, 3.63) is 35.2 Å². The summed E-state index contributed by atoms with van der Waals surface area (Å²) in [7, 11) is 0. The molecule has 0 aliphatic rings. The van der Waals surface area contributed by atoms with Gasteiger partial charge in [-0.3, -0.25) is 0 Å². The number of nitrogens with zero attached hydrogens (tertiary/aromatic N) is 2. The average Bonchev–Trinajstić information content (AvgIpc) is 2.80. The molecule has 0 unspecified atom stereocenters. The van der Waals surface area contributed by atoms with Gasteiger partial charge < -0.3 is 9.84 Å². The number of hydrogen-bond acceptors (Lipinski definition) is 4. The maximum absolute atomic E-state index is 13.7. The van der Waals surface area contributed by atoms with E-state index in [1.54, 1.807) is 6.92 Å². The van der Waals surface area contributed by atoms with Gasteiger partial charge in [-0.25, -0.2) is 8.78 Å². The van der Waals surface area contributed by atoms with Gasteiger partial charge in [0.25, 0.3) is 5.89 Å². The number of halogens is 2. The fraction of sp³-hybridized carbons (Fsp3) is 0.385. The first-order valence-electron chi connectivity index (χ1n) is 5.99. The molecule has 1 heterocycles. The molecule has 0 spiro atoms. The lowest BCUT2D eigenvalue weighted by molar-refractivity contribution is 0.415. The van der Waals surface area contributed by atoms with E-state index in [9.17, 15) is 8.78 Å². The van der Waals surface area contributed by atoms with Crippen LogP contribution in [0.5, 0.6) is 0 Å². The normalized spacial score (nSPS) is 11.3. The zero-order chi connectivity index (χ0) is 14.0. The van der Waals surface area contributed by atoms with Crippen LogP contribution in [0.4, 0.5) is 8.78 Å². The quantitative estimate of drug-likeness (QED) is 0.925. The summed E-state index contributed by atoms with van der Waals surface area (Å²) in [6.45, 7) is 5.97. The standard InChI is InChI=1S/C13H15F2N3O/c1-7(2)16-6-12-17-13(19-18-12)9-4-8(3)10(14)5-11(9)15/h4-5,7,16H,6H2,1-3H3. The SMILES string of the molecule is Cc1cc(-c2nc(CNC(C)C)no2)c(F)cc1F. The van der Waals surface area contributed by atoms with E-state index in [2.05, 4.69) is 15.5 Å². The molecule has 2 rings (SSSR count). The Morgan fingerprint density at radius 1 is 1.26 bits per heavy atom. The number of hydrogen-bond donors (Lipinski definition) is 1. The Morgan fingerprint density at radius 2 is 2.00 bits per heavy atom. The second-order valence-corrected chi connectivity index (χ2v) is 4.63. The van der Waals surface area contributed by atoms with Crippen LogP contribution in [0.3, 0.4) is 0 Å². The highest BCUT2D eigenvalue weighted by molar-refractivity contribution is 5.55. The molecule has 1 aromatic carbocycles. The predicted octanol–water partition coefficient (Wildman–Crippen LogP) is 2.82. The van der Waals surface area contributed by atoms with Crippen LogP contribution in [0.25, 0.3) is 11.5 Å². The number of nitrogens with one attached hydrogen (secondary N) is 1. The van der Waals surface area contributed by atoms with Crippen LogP contribution in [0.1, 0.15) is 25.2 Å². The van der Waals surface area contributed by atoms with Crippen LogP contribution >= 0.6 is 0 Å². The Morgan fingerprint density at radius 3 is 2.68 bits per heavy atom. The highest BCUT2D eigenvalue weighted by atomic mass is 19.1. The summed E-state index contributed by atoms with van der Waals surface area (Å²) in [5, 5.41) is 6.87. The fourth-order valence-corrected chi connectivity index (χ4v) is 1.55. The number of aromatic nitrogens is 2. The van der Waals surface area contributed by atoms with E-state index in [0.717, 1.165) is 6.07 Å². The summed E-state index contributed by atoms with van der Waals surface area (Å²) in [5.74, 6) is -0.816. The zero-order valence-corrected chi connectivity index (χ0v) is 11.0. The summed E-state index contributed by atoms with van der Waals surface area (Å²) in [6.07, 6.45) is 0. The van der Waals surface area contributed by atoms with Crippen molar-refractivity contribution in [3.63, 3.8) is 0 Å². The minimum Gasteiger partial charge on any atom is -0.334 e. The van der Waals surface area contributed by atoms with Gasteiger partial charge in [-0.15, -0.1) is 0 Å². The average molecular weight is 267 g/mol. The summed E-state index contributed by atoms with van der Waals surface area (Å²) in [5.41, 5.74) is 0.443. The molecule has 0 aliphatic heterocycles. The van der Waals surface area contributed by atoms with Crippen molar-refractivity contribution in [1.82, 2.24) is 15.5 Å². The van der Waals surface area contributed by atoms with Gasteiger partial charge in [0.2, 0.25) is 0 Å². The largest absolute Gasteiger partial charge is 0.334 e. The van der Waals surface area contributed by atoms with Crippen molar-refractivity contribution in [3.8, 4) is 11.5 Å². The zero-order valence-electron chi connectivity index (χ0n) is 11.0. The fourth-order valence-electron chi connectivity index (χ4n) is 1.55. The number of benzene rings is 1. The van der Waals surface area contributed by atoms with Crippen molar-refractivity contribution in [2.24, 2.45) is 0 Å². The number of rotatable bonds is 4. The van der Waals surface area contributed by atoms with E-state index >= 15 is 0 Å². The Labute approximate surface area is 109 Å². The van der Waals surface area contributed by atoms with E-state index in [0.29, 0.717) is 17.9 Å². The van der Waals surface area contributed by atoms with Gasteiger partial charge in [0, 0.05) is 12.1 Å². The predicted molar refractivity (Wildman–Crippen MR) is 66.4 cm³/mol. The molecular weight excluding hydrogens is 252 g/mol. The van der Waals surface area contributed by atoms with Gasteiger partial charge in [-0.2, -0.15) is 4.98 Å². The van der Waals surface area contributed by atoms with Crippen molar-refractivity contribution < 1.29 is 13.3 Å². The van der Waals surface area contributed by atoms with Crippen LogP contribution in [-0.2, 0) is 6.54 Å². The lowest BCUT2D eigenvalue weighted by atomic mass is 10.1. The molecule has 1 N–H and O–H groups in total. The van der Waals surface area contributed by atoms with Gasteiger partial charge >= 0.3 is 0 Å². The smallest absolute Gasteiger partial charge is 0.260 e. The summed E-state index contributed by atoms with van der Waals surface area (Å²) >= 11 is 0.